The molecule has 0 bridgehead atoms. The highest BCUT2D eigenvalue weighted by atomic mass is 19.2. The average Bonchev–Trinajstić information content (AvgIpc) is 3.32. The number of aromatic nitrogens is 2. The van der Waals surface area contributed by atoms with E-state index in [1.54, 1.807) is 42.3 Å². The Bertz CT molecular complexity index is 1390. The van der Waals surface area contributed by atoms with E-state index in [1.807, 2.05) is 30.3 Å². The van der Waals surface area contributed by atoms with Gasteiger partial charge in [-0.3, -0.25) is 14.3 Å². The maximum atomic E-state index is 13.8. The van der Waals surface area contributed by atoms with Crippen LogP contribution in [-0.4, -0.2) is 35.2 Å². The quantitative estimate of drug-likeness (QED) is 0.356. The lowest BCUT2D eigenvalue weighted by atomic mass is 10.1. The Hall–Kier alpha value is -4.60. The van der Waals surface area contributed by atoms with Gasteiger partial charge in [0.05, 0.1) is 31.5 Å². The van der Waals surface area contributed by atoms with Crippen molar-refractivity contribution in [2.45, 2.75) is 6.54 Å². The van der Waals surface area contributed by atoms with Crippen molar-refractivity contribution in [3.63, 3.8) is 0 Å². The van der Waals surface area contributed by atoms with Gasteiger partial charge in [-0.15, -0.1) is 0 Å². The van der Waals surface area contributed by atoms with Crippen LogP contribution in [0, 0.1) is 17.5 Å². The van der Waals surface area contributed by atoms with Crippen LogP contribution in [0.5, 0.6) is 5.75 Å². The fourth-order valence-electron chi connectivity index (χ4n) is 3.47. The Morgan fingerprint density at radius 3 is 2.36 bits per heavy atom. The van der Waals surface area contributed by atoms with Gasteiger partial charge in [0.2, 0.25) is 5.91 Å². The summed E-state index contributed by atoms with van der Waals surface area (Å²) in [5.41, 5.74) is 1.69. The first kappa shape index (κ1) is 24.5. The molecule has 1 aromatic heterocycles. The summed E-state index contributed by atoms with van der Waals surface area (Å²) in [7, 11) is 1.54. The number of hydrogen-bond donors (Lipinski definition) is 2. The summed E-state index contributed by atoms with van der Waals surface area (Å²) in [6.07, 6.45) is 1.56. The van der Waals surface area contributed by atoms with Gasteiger partial charge in [0, 0.05) is 11.8 Å². The Balaban J connectivity index is 1.53. The molecule has 0 fully saturated rings. The minimum atomic E-state index is -1.70. The molecule has 0 saturated carbocycles. The molecule has 7 nitrogen and oxygen atoms in total. The highest BCUT2D eigenvalue weighted by Crippen LogP contribution is 2.25. The zero-order valence-electron chi connectivity index (χ0n) is 19.1. The predicted molar refractivity (Wildman–Crippen MR) is 127 cm³/mol. The number of methoxy groups -OCH3 is 1. The molecule has 0 aliphatic carbocycles. The maximum Gasteiger partial charge on any atom is 0.255 e. The highest BCUT2D eigenvalue weighted by molar-refractivity contribution is 6.02. The summed E-state index contributed by atoms with van der Waals surface area (Å²) >= 11 is 0. The lowest BCUT2D eigenvalue weighted by molar-refractivity contribution is -0.115. The van der Waals surface area contributed by atoms with E-state index in [0.29, 0.717) is 29.6 Å². The largest absolute Gasteiger partial charge is 0.497 e. The van der Waals surface area contributed by atoms with Crippen LogP contribution in [0.25, 0.3) is 11.3 Å². The third-order valence-corrected chi connectivity index (χ3v) is 5.28. The smallest absolute Gasteiger partial charge is 0.255 e. The van der Waals surface area contributed by atoms with E-state index in [4.69, 9.17) is 4.74 Å². The number of amides is 2. The fourth-order valence-corrected chi connectivity index (χ4v) is 3.47. The Kier molecular flexibility index (Phi) is 7.33. The first-order chi connectivity index (χ1) is 17.4. The molecule has 10 heteroatoms. The van der Waals surface area contributed by atoms with Crippen molar-refractivity contribution in [2.75, 3.05) is 19.0 Å². The number of halogens is 3. The van der Waals surface area contributed by atoms with Gasteiger partial charge >= 0.3 is 0 Å². The zero-order valence-corrected chi connectivity index (χ0v) is 19.1. The topological polar surface area (TPSA) is 85.2 Å². The summed E-state index contributed by atoms with van der Waals surface area (Å²) in [4.78, 5) is 25.2. The molecule has 3 aromatic carbocycles. The summed E-state index contributed by atoms with van der Waals surface area (Å²) in [6, 6.07) is 18.1. The zero-order chi connectivity index (χ0) is 25.7. The molecule has 4 rings (SSSR count). The molecule has 2 N–H and O–H groups in total. The van der Waals surface area contributed by atoms with Gasteiger partial charge in [-0.05, 0) is 42.0 Å². The fraction of sp³-hybridized carbons (Fsp3) is 0.115. The van der Waals surface area contributed by atoms with Gasteiger partial charge in [-0.1, -0.05) is 30.3 Å². The molecule has 0 unspecified atom stereocenters. The van der Waals surface area contributed by atoms with Crippen molar-refractivity contribution >= 4 is 17.5 Å². The molecule has 36 heavy (non-hydrogen) atoms. The first-order valence-electron chi connectivity index (χ1n) is 10.8. The second kappa shape index (κ2) is 10.8. The number of hydrogen-bond acceptors (Lipinski definition) is 4. The van der Waals surface area contributed by atoms with Gasteiger partial charge in [0.25, 0.3) is 5.91 Å². The van der Waals surface area contributed by atoms with E-state index in [2.05, 4.69) is 15.7 Å². The van der Waals surface area contributed by atoms with Gasteiger partial charge in [0.15, 0.2) is 17.5 Å². The van der Waals surface area contributed by atoms with Crippen LogP contribution in [0.1, 0.15) is 15.9 Å². The van der Waals surface area contributed by atoms with Crippen LogP contribution in [0.15, 0.2) is 72.9 Å². The van der Waals surface area contributed by atoms with E-state index in [-0.39, 0.29) is 5.56 Å². The van der Waals surface area contributed by atoms with E-state index in [0.717, 1.165) is 11.6 Å². The molecule has 184 valence electrons. The van der Waals surface area contributed by atoms with Crippen LogP contribution in [-0.2, 0) is 11.3 Å². The lowest BCUT2D eigenvalue weighted by Crippen LogP contribution is -2.33. The highest BCUT2D eigenvalue weighted by Gasteiger charge is 2.20. The normalized spacial score (nSPS) is 10.7. The molecule has 2 amide bonds. The third kappa shape index (κ3) is 5.54. The van der Waals surface area contributed by atoms with Crippen LogP contribution in [0.4, 0.5) is 18.9 Å². The third-order valence-electron chi connectivity index (χ3n) is 5.28. The monoisotopic (exact) mass is 494 g/mol. The number of nitrogens with one attached hydrogen (secondary N) is 2. The predicted octanol–water partition coefficient (Wildman–Crippen LogP) is 4.39. The number of nitrogens with zero attached hydrogens (tertiary/aromatic N) is 2. The van der Waals surface area contributed by atoms with Crippen LogP contribution < -0.4 is 15.4 Å². The Labute approximate surface area is 204 Å². The van der Waals surface area contributed by atoms with Crippen molar-refractivity contribution in [1.29, 1.82) is 0 Å². The van der Waals surface area contributed by atoms with E-state index < -0.39 is 41.5 Å². The summed E-state index contributed by atoms with van der Waals surface area (Å²) < 4.78 is 47.1. The Morgan fingerprint density at radius 2 is 1.67 bits per heavy atom. The number of ether oxygens (including phenoxy) is 1. The van der Waals surface area contributed by atoms with Crippen LogP contribution in [0.3, 0.4) is 0 Å². The van der Waals surface area contributed by atoms with Crippen molar-refractivity contribution in [2.24, 2.45) is 0 Å². The van der Waals surface area contributed by atoms with Crippen LogP contribution in [0.2, 0.25) is 0 Å². The van der Waals surface area contributed by atoms with Crippen molar-refractivity contribution in [1.82, 2.24) is 15.1 Å². The lowest BCUT2D eigenvalue weighted by Gasteiger charge is -2.09. The number of carbonyl (C=O) groups excluding carboxylic acids is 2. The van der Waals surface area contributed by atoms with Crippen molar-refractivity contribution < 1.29 is 27.5 Å². The van der Waals surface area contributed by atoms with E-state index >= 15 is 0 Å². The van der Waals surface area contributed by atoms with Gasteiger partial charge in [-0.2, -0.15) is 5.10 Å². The first-order valence-corrected chi connectivity index (χ1v) is 10.8. The average molecular weight is 494 g/mol. The summed E-state index contributed by atoms with van der Waals surface area (Å²) in [6.45, 7) is -0.129. The number of rotatable bonds is 8. The second-order valence-corrected chi connectivity index (χ2v) is 7.76. The van der Waals surface area contributed by atoms with E-state index in [9.17, 15) is 22.8 Å². The number of benzene rings is 3. The molecule has 0 saturated heterocycles. The molecular formula is C26H21F3N4O3. The van der Waals surface area contributed by atoms with Gasteiger partial charge in [-0.25, -0.2) is 13.2 Å². The Morgan fingerprint density at radius 1 is 0.944 bits per heavy atom. The van der Waals surface area contributed by atoms with Gasteiger partial charge in [0.1, 0.15) is 11.4 Å². The molecule has 0 aliphatic heterocycles. The maximum absolute atomic E-state index is 13.8. The van der Waals surface area contributed by atoms with Crippen LogP contribution >= 0.6 is 0 Å². The minimum Gasteiger partial charge on any atom is -0.497 e. The summed E-state index contributed by atoms with van der Waals surface area (Å²) in [5.74, 6) is -5.39. The summed E-state index contributed by atoms with van der Waals surface area (Å²) in [5, 5.41) is 9.13. The number of carbonyl (C=O) groups is 2. The molecule has 0 atom stereocenters. The minimum absolute atomic E-state index is 0.211. The SMILES string of the molecule is COc1ccc(-c2nn(Cc3ccccc3)cc2C(=O)NCC(=O)Nc2ccc(F)c(F)c2F)cc1. The standard InChI is InChI=1S/C26H21F3N4O3/c1-36-18-9-7-17(8-10-18)25-19(15-33(32-25)14-16-5-3-2-4-6-16)26(35)30-13-22(34)31-21-12-11-20(27)23(28)24(21)29/h2-12,15H,13-14H2,1H3,(H,30,35)(H,31,34). The molecular weight excluding hydrogens is 473 g/mol. The van der Waals surface area contributed by atoms with Crippen molar-refractivity contribution in [3.05, 3.63) is 102 Å². The molecule has 0 aliphatic rings. The number of anilines is 1. The molecule has 0 radical (unpaired) electrons. The van der Waals surface area contributed by atoms with Gasteiger partial charge < -0.3 is 15.4 Å². The molecule has 1 heterocycles. The molecule has 4 aromatic rings. The van der Waals surface area contributed by atoms with E-state index in [1.165, 1.54) is 0 Å². The second-order valence-electron chi connectivity index (χ2n) is 7.76. The van der Waals surface area contributed by atoms with Crippen molar-refractivity contribution in [3.8, 4) is 17.0 Å². The molecule has 0 spiro atoms.